The molecule has 0 aliphatic rings. The summed E-state index contributed by atoms with van der Waals surface area (Å²) in [4.78, 5) is 10.7. The van der Waals surface area contributed by atoms with Gasteiger partial charge < -0.3 is 10.1 Å². The monoisotopic (exact) mass is 269 g/mol. The largest absolute Gasteiger partial charge is 0.466 e. The second-order valence-electron chi connectivity index (χ2n) is 2.83. The Morgan fingerprint density at radius 3 is 2.93 bits per heavy atom. The Kier molecular flexibility index (Phi) is 4.90. The van der Waals surface area contributed by atoms with E-state index in [2.05, 4.69) is 26.0 Å². The third-order valence-electron chi connectivity index (χ3n) is 1.79. The van der Waals surface area contributed by atoms with Crippen LogP contribution in [0.25, 0.3) is 0 Å². The van der Waals surface area contributed by atoms with Crippen LogP contribution in [0.2, 0.25) is 0 Å². The number of hydrogen-bond donors (Lipinski definition) is 1. The summed E-state index contributed by atoms with van der Waals surface area (Å²) in [6, 6.07) is 7.90. The van der Waals surface area contributed by atoms with Crippen molar-refractivity contribution in [2.75, 3.05) is 7.11 Å². The van der Waals surface area contributed by atoms with Crippen LogP contribution in [0.15, 0.2) is 41.0 Å². The summed E-state index contributed by atoms with van der Waals surface area (Å²) in [5.41, 5.74) is 1.13. The summed E-state index contributed by atoms with van der Waals surface area (Å²) in [5.74, 6) is -0.366. The van der Waals surface area contributed by atoms with Crippen LogP contribution in [-0.4, -0.2) is 13.1 Å². The van der Waals surface area contributed by atoms with Gasteiger partial charge in [-0.25, -0.2) is 4.79 Å². The van der Waals surface area contributed by atoms with Gasteiger partial charge in [0.25, 0.3) is 0 Å². The van der Waals surface area contributed by atoms with Crippen molar-refractivity contribution in [3.05, 3.63) is 46.6 Å². The van der Waals surface area contributed by atoms with Gasteiger partial charge in [0.1, 0.15) is 0 Å². The molecule has 1 aromatic carbocycles. The van der Waals surface area contributed by atoms with E-state index in [0.29, 0.717) is 6.54 Å². The molecule has 4 heteroatoms. The lowest BCUT2D eigenvalue weighted by molar-refractivity contribution is -0.134. The fraction of sp³-hybridized carbons (Fsp3) is 0.182. The normalized spacial score (nSPS) is 10.3. The van der Waals surface area contributed by atoms with E-state index in [4.69, 9.17) is 0 Å². The van der Waals surface area contributed by atoms with Crippen LogP contribution in [0.3, 0.4) is 0 Å². The van der Waals surface area contributed by atoms with Crippen molar-refractivity contribution >= 4 is 21.9 Å². The van der Waals surface area contributed by atoms with E-state index in [9.17, 15) is 4.79 Å². The number of carbonyl (C=O) groups is 1. The molecule has 1 N–H and O–H groups in total. The summed E-state index contributed by atoms with van der Waals surface area (Å²) in [6.45, 7) is 0.662. The first kappa shape index (κ1) is 11.8. The highest BCUT2D eigenvalue weighted by molar-refractivity contribution is 9.10. The third kappa shape index (κ3) is 4.16. The highest BCUT2D eigenvalue weighted by atomic mass is 79.9. The summed E-state index contributed by atoms with van der Waals surface area (Å²) < 4.78 is 5.50. The number of rotatable bonds is 4. The van der Waals surface area contributed by atoms with Crippen molar-refractivity contribution in [2.45, 2.75) is 6.54 Å². The zero-order valence-electron chi connectivity index (χ0n) is 8.37. The number of methoxy groups -OCH3 is 1. The number of benzene rings is 1. The maximum Gasteiger partial charge on any atom is 0.331 e. The minimum atomic E-state index is -0.366. The number of halogens is 1. The fourth-order valence-electron chi connectivity index (χ4n) is 1.01. The Hall–Kier alpha value is -1.29. The molecule has 0 bridgehead atoms. The van der Waals surface area contributed by atoms with Gasteiger partial charge in [-0.05, 0) is 11.6 Å². The molecule has 15 heavy (non-hydrogen) atoms. The van der Waals surface area contributed by atoms with Gasteiger partial charge >= 0.3 is 5.97 Å². The molecule has 0 saturated heterocycles. The first-order valence-electron chi connectivity index (χ1n) is 4.45. The molecule has 0 radical (unpaired) electrons. The lowest BCUT2D eigenvalue weighted by Gasteiger charge is -2.03. The van der Waals surface area contributed by atoms with E-state index in [0.717, 1.165) is 10.0 Å². The molecule has 3 nitrogen and oxygen atoms in total. The Morgan fingerprint density at radius 1 is 1.53 bits per heavy atom. The summed E-state index contributed by atoms with van der Waals surface area (Å²) in [7, 11) is 1.35. The van der Waals surface area contributed by atoms with Gasteiger partial charge in [0.15, 0.2) is 0 Å². The summed E-state index contributed by atoms with van der Waals surface area (Å²) >= 11 is 3.44. The van der Waals surface area contributed by atoms with Crippen LogP contribution >= 0.6 is 15.9 Å². The van der Waals surface area contributed by atoms with E-state index in [1.165, 1.54) is 13.2 Å². The zero-order valence-corrected chi connectivity index (χ0v) is 9.95. The molecule has 0 spiro atoms. The standard InChI is InChI=1S/C11H12BrNO2/c1-15-11(14)6-7-13-8-9-4-2-3-5-10(9)12/h2-7,13H,8H2,1H3/b7-6+. The van der Waals surface area contributed by atoms with Crippen LogP contribution in [0.5, 0.6) is 0 Å². The number of esters is 1. The lowest BCUT2D eigenvalue weighted by atomic mass is 10.2. The molecular weight excluding hydrogens is 258 g/mol. The smallest absolute Gasteiger partial charge is 0.331 e. The third-order valence-corrected chi connectivity index (χ3v) is 2.56. The van der Waals surface area contributed by atoms with Gasteiger partial charge in [-0.2, -0.15) is 0 Å². The fourth-order valence-corrected chi connectivity index (χ4v) is 1.43. The molecule has 0 aromatic heterocycles. The van der Waals surface area contributed by atoms with Gasteiger partial charge in [-0.3, -0.25) is 0 Å². The molecule has 0 unspecified atom stereocenters. The molecule has 0 fully saturated rings. The molecule has 1 aromatic rings. The number of hydrogen-bond acceptors (Lipinski definition) is 3. The van der Waals surface area contributed by atoms with Gasteiger partial charge in [0.05, 0.1) is 7.11 Å². The molecule has 0 amide bonds. The Bertz CT molecular complexity index is 363. The van der Waals surface area contributed by atoms with Crippen molar-refractivity contribution in [1.82, 2.24) is 5.32 Å². The van der Waals surface area contributed by atoms with Gasteiger partial charge in [0.2, 0.25) is 0 Å². The molecule has 0 atom stereocenters. The molecule has 0 aliphatic carbocycles. The number of ether oxygens (including phenoxy) is 1. The maximum absolute atomic E-state index is 10.7. The minimum Gasteiger partial charge on any atom is -0.466 e. The van der Waals surface area contributed by atoms with Crippen LogP contribution in [0.4, 0.5) is 0 Å². The van der Waals surface area contributed by atoms with E-state index in [1.54, 1.807) is 6.20 Å². The molecule has 0 saturated carbocycles. The van der Waals surface area contributed by atoms with Crippen LogP contribution in [0, 0.1) is 0 Å². The van der Waals surface area contributed by atoms with Crippen molar-refractivity contribution in [2.24, 2.45) is 0 Å². The van der Waals surface area contributed by atoms with E-state index in [1.807, 2.05) is 24.3 Å². The second-order valence-corrected chi connectivity index (χ2v) is 3.68. The summed E-state index contributed by atoms with van der Waals surface area (Å²) in [6.07, 6.45) is 2.92. The zero-order chi connectivity index (χ0) is 11.1. The number of nitrogens with one attached hydrogen (secondary N) is 1. The van der Waals surface area contributed by atoms with E-state index < -0.39 is 0 Å². The van der Waals surface area contributed by atoms with Crippen LogP contribution in [-0.2, 0) is 16.1 Å². The average Bonchev–Trinajstić information content (AvgIpc) is 2.26. The molecule has 1 rings (SSSR count). The maximum atomic E-state index is 10.7. The first-order valence-corrected chi connectivity index (χ1v) is 5.24. The van der Waals surface area contributed by atoms with Crippen molar-refractivity contribution in [3.8, 4) is 0 Å². The SMILES string of the molecule is COC(=O)/C=C/NCc1ccccc1Br. The topological polar surface area (TPSA) is 38.3 Å². The van der Waals surface area contributed by atoms with Gasteiger partial charge in [0, 0.05) is 23.3 Å². The second kappa shape index (κ2) is 6.24. The first-order chi connectivity index (χ1) is 7.24. The average molecular weight is 270 g/mol. The van der Waals surface area contributed by atoms with E-state index >= 15 is 0 Å². The minimum absolute atomic E-state index is 0.366. The van der Waals surface area contributed by atoms with Crippen LogP contribution < -0.4 is 5.32 Å². The molecule has 0 aliphatic heterocycles. The quantitative estimate of drug-likeness (QED) is 0.673. The molecular formula is C11H12BrNO2. The number of carbonyl (C=O) groups excluding carboxylic acids is 1. The van der Waals surface area contributed by atoms with Crippen LogP contribution in [0.1, 0.15) is 5.56 Å². The van der Waals surface area contributed by atoms with Gasteiger partial charge in [-0.1, -0.05) is 34.1 Å². The lowest BCUT2D eigenvalue weighted by Crippen LogP contribution is -2.06. The molecule has 0 heterocycles. The Balaban J connectivity index is 2.41. The van der Waals surface area contributed by atoms with Crippen molar-refractivity contribution < 1.29 is 9.53 Å². The van der Waals surface area contributed by atoms with Gasteiger partial charge in [-0.15, -0.1) is 0 Å². The van der Waals surface area contributed by atoms with Crippen molar-refractivity contribution in [1.29, 1.82) is 0 Å². The highest BCUT2D eigenvalue weighted by Gasteiger charge is 1.95. The summed E-state index contributed by atoms with van der Waals surface area (Å²) in [5, 5.41) is 3.00. The predicted molar refractivity (Wildman–Crippen MR) is 62.1 cm³/mol. The molecule has 80 valence electrons. The van der Waals surface area contributed by atoms with E-state index in [-0.39, 0.29) is 5.97 Å². The highest BCUT2D eigenvalue weighted by Crippen LogP contribution is 2.15. The Morgan fingerprint density at radius 2 is 2.27 bits per heavy atom. The Labute approximate surface area is 97.3 Å². The van der Waals surface area contributed by atoms with Crippen molar-refractivity contribution in [3.63, 3.8) is 0 Å². The predicted octanol–water partition coefficient (Wildman–Crippen LogP) is 2.23.